The minimum atomic E-state index is -1.08. The van der Waals surface area contributed by atoms with E-state index in [2.05, 4.69) is 9.97 Å². The van der Waals surface area contributed by atoms with Gasteiger partial charge in [-0.15, -0.1) is 0 Å². The molecule has 5 heterocycles. The number of fused-ring (bicyclic) bond motifs is 20. The van der Waals surface area contributed by atoms with E-state index in [4.69, 9.17) is 44.1 Å². The molecule has 294 valence electrons. The average molecular weight is 785 g/mol. The molecule has 9 rings (SSSR count). The van der Waals surface area contributed by atoms with E-state index in [9.17, 15) is 30.6 Å². The quantitative estimate of drug-likeness (QED) is 0.0886. The maximum absolute atomic E-state index is 9.97. The van der Waals surface area contributed by atoms with Crippen LogP contribution < -0.4 is 14.2 Å². The third-order valence-electron chi connectivity index (χ3n) is 9.61. The SMILES string of the molecule is OCC(O)COc1ccc2c(c1)-c1nc-2nc2[nH]c(nc3nc(nc4[nH]c(n1)c1ccc(OCC(O)CO)cc41)-c1ccccc1-3)c1ccc(OCC(O)CO)cc21. The molecule has 2 aliphatic heterocycles. The lowest BCUT2D eigenvalue weighted by Gasteiger charge is -2.10. The molecular formula is C41H36N8O9. The van der Waals surface area contributed by atoms with Gasteiger partial charge in [0.1, 0.15) is 78.0 Å². The molecule has 3 aromatic heterocycles. The number of aromatic amines is 2. The Morgan fingerprint density at radius 2 is 0.776 bits per heavy atom. The summed E-state index contributed by atoms with van der Waals surface area (Å²) in [7, 11) is 0. The van der Waals surface area contributed by atoms with Gasteiger partial charge < -0.3 is 54.8 Å². The van der Waals surface area contributed by atoms with E-state index in [0.29, 0.717) is 90.0 Å². The summed E-state index contributed by atoms with van der Waals surface area (Å²) in [5, 5.41) is 60.5. The monoisotopic (exact) mass is 784 g/mol. The number of rotatable bonds is 12. The number of hydrogen-bond acceptors (Lipinski definition) is 15. The third kappa shape index (κ3) is 7.02. The van der Waals surface area contributed by atoms with Crippen LogP contribution in [0.4, 0.5) is 0 Å². The molecule has 7 aromatic rings. The Labute approximate surface area is 327 Å². The molecule has 0 aliphatic carbocycles. The summed E-state index contributed by atoms with van der Waals surface area (Å²) >= 11 is 0. The summed E-state index contributed by atoms with van der Waals surface area (Å²) < 4.78 is 17.4. The van der Waals surface area contributed by atoms with Gasteiger partial charge in [-0.1, -0.05) is 24.3 Å². The lowest BCUT2D eigenvalue weighted by Crippen LogP contribution is -2.21. The van der Waals surface area contributed by atoms with Crippen molar-refractivity contribution < 1.29 is 44.8 Å². The second kappa shape index (κ2) is 15.4. The Morgan fingerprint density at radius 1 is 0.414 bits per heavy atom. The van der Waals surface area contributed by atoms with Gasteiger partial charge >= 0.3 is 0 Å². The molecule has 4 aromatic carbocycles. The summed E-state index contributed by atoms with van der Waals surface area (Å²) in [6.07, 6.45) is -3.20. The lowest BCUT2D eigenvalue weighted by atomic mass is 10.1. The molecular weight excluding hydrogens is 748 g/mol. The minimum Gasteiger partial charge on any atom is -0.491 e. The number of hydrogen-bond donors (Lipinski definition) is 8. The van der Waals surface area contributed by atoms with Crippen molar-refractivity contribution >= 4 is 44.1 Å². The van der Waals surface area contributed by atoms with Crippen LogP contribution in [0.5, 0.6) is 17.2 Å². The Morgan fingerprint density at radius 3 is 1.21 bits per heavy atom. The number of nitrogens with zero attached hydrogens (tertiary/aromatic N) is 6. The van der Waals surface area contributed by atoms with Crippen LogP contribution in [0.2, 0.25) is 0 Å². The fourth-order valence-electron chi connectivity index (χ4n) is 6.69. The van der Waals surface area contributed by atoms with Crippen molar-refractivity contribution in [2.75, 3.05) is 39.6 Å². The first-order valence-electron chi connectivity index (χ1n) is 18.4. The van der Waals surface area contributed by atoms with Crippen LogP contribution in [-0.4, -0.2) is 128 Å². The van der Waals surface area contributed by atoms with Gasteiger partial charge in [0.25, 0.3) is 0 Å². The van der Waals surface area contributed by atoms with Crippen LogP contribution in [0.3, 0.4) is 0 Å². The molecule has 3 atom stereocenters. The van der Waals surface area contributed by atoms with E-state index in [0.717, 1.165) is 11.1 Å². The van der Waals surface area contributed by atoms with Crippen LogP contribution >= 0.6 is 0 Å². The zero-order valence-corrected chi connectivity index (χ0v) is 30.6. The van der Waals surface area contributed by atoms with Crippen LogP contribution in [0.15, 0.2) is 78.9 Å². The molecule has 0 radical (unpaired) electrons. The van der Waals surface area contributed by atoms with Crippen LogP contribution in [0, 0.1) is 0 Å². The largest absolute Gasteiger partial charge is 0.491 e. The van der Waals surface area contributed by atoms with Crippen molar-refractivity contribution in [3.63, 3.8) is 0 Å². The highest BCUT2D eigenvalue weighted by Crippen LogP contribution is 2.39. The molecule has 3 unspecified atom stereocenters. The Bertz CT molecular complexity index is 2840. The number of nitrogens with one attached hydrogen (secondary N) is 2. The predicted octanol–water partition coefficient (Wildman–Crippen LogP) is 3.07. The van der Waals surface area contributed by atoms with E-state index in [1.54, 1.807) is 42.5 Å². The van der Waals surface area contributed by atoms with Crippen LogP contribution in [0.1, 0.15) is 0 Å². The normalized spacial score (nSPS) is 13.6. The summed E-state index contributed by atoms with van der Waals surface area (Å²) in [6.45, 7) is -1.75. The topological polar surface area (TPSA) is 258 Å². The predicted molar refractivity (Wildman–Crippen MR) is 212 cm³/mol. The second-order valence-electron chi connectivity index (χ2n) is 13.7. The number of H-pyrrole nitrogens is 2. The molecule has 0 saturated heterocycles. The highest BCUT2D eigenvalue weighted by molar-refractivity contribution is 6.07. The zero-order chi connectivity index (χ0) is 39.9. The van der Waals surface area contributed by atoms with Crippen LogP contribution in [0.25, 0.3) is 89.7 Å². The van der Waals surface area contributed by atoms with Gasteiger partial charge in [0.05, 0.1) is 19.8 Å². The number of ether oxygens (including phenoxy) is 3. The van der Waals surface area contributed by atoms with Gasteiger partial charge in [-0.3, -0.25) is 0 Å². The number of aliphatic hydroxyl groups is 6. The molecule has 17 nitrogen and oxygen atoms in total. The fraction of sp³-hybridized carbons (Fsp3) is 0.220. The fourth-order valence-corrected chi connectivity index (χ4v) is 6.69. The summed E-state index contributed by atoms with van der Waals surface area (Å²) in [5.41, 5.74) is 4.39. The molecule has 58 heavy (non-hydrogen) atoms. The molecule has 0 saturated carbocycles. The number of aromatic nitrogens is 8. The Kier molecular flexibility index (Phi) is 9.82. The Hall–Kier alpha value is -6.60. The minimum absolute atomic E-state index is 0.123. The van der Waals surface area contributed by atoms with Crippen molar-refractivity contribution in [2.45, 2.75) is 18.3 Å². The first-order valence-corrected chi connectivity index (χ1v) is 18.4. The van der Waals surface area contributed by atoms with E-state index < -0.39 is 38.1 Å². The highest BCUT2D eigenvalue weighted by Gasteiger charge is 2.23. The van der Waals surface area contributed by atoms with Crippen LogP contribution in [-0.2, 0) is 0 Å². The Balaban J connectivity index is 1.33. The van der Waals surface area contributed by atoms with Gasteiger partial charge in [0, 0.05) is 43.8 Å². The standard InChI is InChI=1S/C41H36N8O9/c50-14-20(53)17-56-23-5-8-28-31(11-23)40-45-36(28)43-34-26-3-1-2-4-27(26)35(42-34)44-39-32-12-24(57-18-21(54)15-51)6-9-29(32)37(46-39)48-41-33-13-25(58-19-22(55)16-52)7-10-30(33)38(47-40)49-41/h1-13,20-22,50-55H,14-19H2,(H2,42,43,44,45,46,47,48,49). The van der Waals surface area contributed by atoms with Gasteiger partial charge in [-0.2, -0.15) is 0 Å². The van der Waals surface area contributed by atoms with Gasteiger partial charge in [-0.05, 0) is 54.6 Å². The maximum Gasteiger partial charge on any atom is 0.164 e. The van der Waals surface area contributed by atoms with Crippen molar-refractivity contribution in [2.24, 2.45) is 0 Å². The second-order valence-corrected chi connectivity index (χ2v) is 13.7. The summed E-state index contributed by atoms with van der Waals surface area (Å²) in [6, 6.07) is 23.5. The maximum atomic E-state index is 9.97. The van der Waals surface area contributed by atoms with Crippen molar-refractivity contribution in [1.29, 1.82) is 0 Å². The first-order chi connectivity index (χ1) is 28.3. The molecule has 2 aliphatic rings. The average Bonchev–Trinajstić information content (AvgIpc) is 3.98. The van der Waals surface area contributed by atoms with Crippen molar-refractivity contribution in [3.05, 3.63) is 78.9 Å². The third-order valence-corrected chi connectivity index (χ3v) is 9.61. The molecule has 8 N–H and O–H groups in total. The molecule has 0 fully saturated rings. The smallest absolute Gasteiger partial charge is 0.164 e. The van der Waals surface area contributed by atoms with E-state index in [1.807, 2.05) is 36.4 Å². The zero-order valence-electron chi connectivity index (χ0n) is 30.6. The van der Waals surface area contributed by atoms with Crippen molar-refractivity contribution in [1.82, 2.24) is 39.9 Å². The number of aliphatic hydroxyl groups excluding tert-OH is 6. The van der Waals surface area contributed by atoms with Gasteiger partial charge in [0.15, 0.2) is 23.3 Å². The van der Waals surface area contributed by atoms with Gasteiger partial charge in [0.2, 0.25) is 0 Å². The van der Waals surface area contributed by atoms with E-state index in [1.165, 1.54) is 0 Å². The first kappa shape index (κ1) is 37.0. The number of benzene rings is 4. The summed E-state index contributed by atoms with van der Waals surface area (Å²) in [4.78, 5) is 36.6. The summed E-state index contributed by atoms with van der Waals surface area (Å²) in [5.74, 6) is 2.67. The van der Waals surface area contributed by atoms with E-state index in [-0.39, 0.29) is 25.6 Å². The lowest BCUT2D eigenvalue weighted by molar-refractivity contribution is 0.0536. The molecule has 0 spiro atoms. The van der Waals surface area contributed by atoms with E-state index >= 15 is 0 Å². The van der Waals surface area contributed by atoms with Crippen molar-refractivity contribution in [3.8, 4) is 62.8 Å². The molecule has 8 bridgehead atoms. The highest BCUT2D eigenvalue weighted by atomic mass is 16.5. The molecule has 17 heteroatoms. The van der Waals surface area contributed by atoms with Gasteiger partial charge in [-0.25, -0.2) is 29.9 Å². The molecule has 0 amide bonds.